The molecule has 1 N–H and O–H groups in total. The highest BCUT2D eigenvalue weighted by molar-refractivity contribution is 7.89. The number of hydrogen-bond donors (Lipinski definition) is 1. The van der Waals surface area contributed by atoms with Crippen LogP contribution in [0.2, 0.25) is 5.15 Å². The minimum Gasteiger partial charge on any atom is -0.389 e. The second-order valence-electron chi connectivity index (χ2n) is 5.27. The van der Waals surface area contributed by atoms with E-state index in [-0.39, 0.29) is 22.6 Å². The predicted molar refractivity (Wildman–Crippen MR) is 74.6 cm³/mol. The van der Waals surface area contributed by atoms with Crippen LogP contribution in [0.4, 0.5) is 0 Å². The molecule has 0 aliphatic heterocycles. The van der Waals surface area contributed by atoms with Crippen LogP contribution in [0.25, 0.3) is 0 Å². The first-order valence-electron chi connectivity index (χ1n) is 5.90. The fourth-order valence-electron chi connectivity index (χ4n) is 1.58. The van der Waals surface area contributed by atoms with Crippen molar-refractivity contribution in [1.82, 2.24) is 9.29 Å². The standard InChI is InChI=1S/C12H19ClN2O3S/c1-9(2)15(8-12(3,4)16)19(17,18)10-5-6-11(13)14-7-10/h5-7,9,16H,8H2,1-4H3. The van der Waals surface area contributed by atoms with Crippen LogP contribution in [0.5, 0.6) is 0 Å². The molecule has 0 saturated carbocycles. The van der Waals surface area contributed by atoms with Crippen molar-refractivity contribution in [3.05, 3.63) is 23.5 Å². The van der Waals surface area contributed by atoms with E-state index in [2.05, 4.69) is 4.98 Å². The maximum Gasteiger partial charge on any atom is 0.244 e. The van der Waals surface area contributed by atoms with Crippen molar-refractivity contribution >= 4 is 21.6 Å². The minimum atomic E-state index is -3.70. The second-order valence-corrected chi connectivity index (χ2v) is 7.55. The molecule has 0 spiro atoms. The minimum absolute atomic E-state index is 0.00955. The third kappa shape index (κ3) is 4.42. The van der Waals surface area contributed by atoms with Gasteiger partial charge >= 0.3 is 0 Å². The maximum atomic E-state index is 12.5. The van der Waals surface area contributed by atoms with Crippen molar-refractivity contribution in [2.75, 3.05) is 6.54 Å². The van der Waals surface area contributed by atoms with Crippen molar-refractivity contribution < 1.29 is 13.5 Å². The molecule has 0 aliphatic rings. The van der Waals surface area contributed by atoms with Crippen molar-refractivity contribution in [3.63, 3.8) is 0 Å². The Morgan fingerprint density at radius 3 is 2.37 bits per heavy atom. The van der Waals surface area contributed by atoms with Gasteiger partial charge in [-0.1, -0.05) is 11.6 Å². The Balaban J connectivity index is 3.17. The summed E-state index contributed by atoms with van der Waals surface area (Å²) in [5.74, 6) is 0. The molecular weight excluding hydrogens is 288 g/mol. The largest absolute Gasteiger partial charge is 0.389 e. The van der Waals surface area contributed by atoms with E-state index in [0.717, 1.165) is 0 Å². The van der Waals surface area contributed by atoms with Crippen LogP contribution in [-0.4, -0.2) is 41.0 Å². The molecule has 0 aromatic carbocycles. The molecule has 0 saturated heterocycles. The lowest BCUT2D eigenvalue weighted by atomic mass is 10.1. The summed E-state index contributed by atoms with van der Waals surface area (Å²) in [6.07, 6.45) is 1.22. The van der Waals surface area contributed by atoms with Gasteiger partial charge in [0.15, 0.2) is 0 Å². The van der Waals surface area contributed by atoms with E-state index in [1.807, 2.05) is 0 Å². The summed E-state index contributed by atoms with van der Waals surface area (Å²) in [6, 6.07) is 2.56. The number of aromatic nitrogens is 1. The summed E-state index contributed by atoms with van der Waals surface area (Å²) in [4.78, 5) is 3.85. The Labute approximate surface area is 119 Å². The van der Waals surface area contributed by atoms with Gasteiger partial charge in [0.1, 0.15) is 10.0 Å². The maximum absolute atomic E-state index is 12.5. The Kier molecular flexibility index (Phi) is 4.95. The molecule has 0 unspecified atom stereocenters. The third-order valence-corrected chi connectivity index (χ3v) is 4.65. The van der Waals surface area contributed by atoms with Crippen molar-refractivity contribution in [2.45, 2.75) is 44.2 Å². The van der Waals surface area contributed by atoms with Gasteiger partial charge in [-0.05, 0) is 39.8 Å². The molecule has 0 bridgehead atoms. The summed E-state index contributed by atoms with van der Waals surface area (Å²) in [5.41, 5.74) is -1.11. The summed E-state index contributed by atoms with van der Waals surface area (Å²) in [7, 11) is -3.70. The molecule has 19 heavy (non-hydrogen) atoms. The lowest BCUT2D eigenvalue weighted by molar-refractivity contribution is 0.0532. The SMILES string of the molecule is CC(C)N(CC(C)(C)O)S(=O)(=O)c1ccc(Cl)nc1. The molecular formula is C12H19ClN2O3S. The van der Waals surface area contributed by atoms with Crippen LogP contribution in [0, 0.1) is 0 Å². The van der Waals surface area contributed by atoms with Gasteiger partial charge < -0.3 is 5.11 Å². The van der Waals surface area contributed by atoms with E-state index in [1.54, 1.807) is 27.7 Å². The third-order valence-electron chi connectivity index (χ3n) is 2.43. The van der Waals surface area contributed by atoms with Gasteiger partial charge in [0.2, 0.25) is 10.0 Å². The van der Waals surface area contributed by atoms with E-state index in [4.69, 9.17) is 11.6 Å². The summed E-state index contributed by atoms with van der Waals surface area (Å²) < 4.78 is 26.2. The molecule has 1 rings (SSSR count). The van der Waals surface area contributed by atoms with E-state index in [0.29, 0.717) is 0 Å². The molecule has 0 aliphatic carbocycles. The number of sulfonamides is 1. The molecule has 1 aromatic heterocycles. The summed E-state index contributed by atoms with van der Waals surface area (Å²) in [6.45, 7) is 6.66. The number of hydrogen-bond acceptors (Lipinski definition) is 4. The number of aliphatic hydroxyl groups is 1. The lowest BCUT2D eigenvalue weighted by Gasteiger charge is -2.31. The monoisotopic (exact) mass is 306 g/mol. The van der Waals surface area contributed by atoms with Gasteiger partial charge in [0, 0.05) is 18.8 Å². The Hall–Kier alpha value is -0.690. The Morgan fingerprint density at radius 1 is 1.42 bits per heavy atom. The molecule has 108 valence electrons. The summed E-state index contributed by atoms with van der Waals surface area (Å²) in [5, 5.41) is 10.1. The Bertz CT molecular complexity index is 521. The van der Waals surface area contributed by atoms with Crippen molar-refractivity contribution in [2.24, 2.45) is 0 Å². The molecule has 0 amide bonds. The van der Waals surface area contributed by atoms with E-state index < -0.39 is 15.6 Å². The highest BCUT2D eigenvalue weighted by Gasteiger charge is 2.31. The summed E-state index contributed by atoms with van der Waals surface area (Å²) >= 11 is 5.65. The van der Waals surface area contributed by atoms with Crippen LogP contribution in [-0.2, 0) is 10.0 Å². The number of pyridine rings is 1. The van der Waals surface area contributed by atoms with Crippen LogP contribution < -0.4 is 0 Å². The van der Waals surface area contributed by atoms with Crippen LogP contribution in [0.15, 0.2) is 23.2 Å². The first-order valence-corrected chi connectivity index (χ1v) is 7.71. The van der Waals surface area contributed by atoms with Crippen molar-refractivity contribution in [3.8, 4) is 0 Å². The number of nitrogens with zero attached hydrogens (tertiary/aromatic N) is 2. The first-order chi connectivity index (χ1) is 8.54. The average Bonchev–Trinajstić information content (AvgIpc) is 2.25. The van der Waals surface area contributed by atoms with Gasteiger partial charge in [0.25, 0.3) is 0 Å². The van der Waals surface area contributed by atoms with E-state index in [9.17, 15) is 13.5 Å². The first kappa shape index (κ1) is 16.4. The Morgan fingerprint density at radius 2 is 2.00 bits per heavy atom. The molecule has 5 nitrogen and oxygen atoms in total. The number of rotatable bonds is 5. The zero-order chi connectivity index (χ0) is 14.8. The van der Waals surface area contributed by atoms with Crippen LogP contribution in [0.3, 0.4) is 0 Å². The molecule has 1 heterocycles. The topological polar surface area (TPSA) is 70.5 Å². The van der Waals surface area contributed by atoms with E-state index in [1.165, 1.54) is 22.6 Å². The smallest absolute Gasteiger partial charge is 0.244 e. The van der Waals surface area contributed by atoms with Crippen molar-refractivity contribution in [1.29, 1.82) is 0 Å². The zero-order valence-electron chi connectivity index (χ0n) is 11.5. The van der Waals surface area contributed by atoms with Gasteiger partial charge in [-0.2, -0.15) is 4.31 Å². The predicted octanol–water partition coefficient (Wildman–Crippen LogP) is 1.91. The van der Waals surface area contributed by atoms with Gasteiger partial charge in [0.05, 0.1) is 5.60 Å². The molecule has 0 atom stereocenters. The molecule has 0 radical (unpaired) electrons. The van der Waals surface area contributed by atoms with E-state index >= 15 is 0 Å². The molecule has 1 aromatic rings. The molecule has 7 heteroatoms. The van der Waals surface area contributed by atoms with Gasteiger partial charge in [-0.3, -0.25) is 0 Å². The quantitative estimate of drug-likeness (QED) is 0.844. The van der Waals surface area contributed by atoms with Crippen LogP contribution in [0.1, 0.15) is 27.7 Å². The molecule has 0 fully saturated rings. The highest BCUT2D eigenvalue weighted by atomic mass is 35.5. The fraction of sp³-hybridized carbons (Fsp3) is 0.583. The average molecular weight is 307 g/mol. The van der Waals surface area contributed by atoms with Crippen LogP contribution >= 0.6 is 11.6 Å². The highest BCUT2D eigenvalue weighted by Crippen LogP contribution is 2.21. The van der Waals surface area contributed by atoms with Gasteiger partial charge in [-0.15, -0.1) is 0 Å². The second kappa shape index (κ2) is 5.75. The normalized spacial score (nSPS) is 13.3. The fourth-order valence-corrected chi connectivity index (χ4v) is 3.43. The lowest BCUT2D eigenvalue weighted by Crippen LogP contribution is -2.45. The van der Waals surface area contributed by atoms with Gasteiger partial charge in [-0.25, -0.2) is 13.4 Å². The number of halogens is 1. The zero-order valence-corrected chi connectivity index (χ0v) is 13.0.